The molecule has 1 fully saturated rings. The lowest BCUT2D eigenvalue weighted by molar-refractivity contribution is 0.102. The van der Waals surface area contributed by atoms with Crippen LogP contribution in [-0.2, 0) is 18.8 Å². The van der Waals surface area contributed by atoms with Crippen molar-refractivity contribution in [2.75, 3.05) is 43.3 Å². The van der Waals surface area contributed by atoms with E-state index in [1.165, 1.54) is 9.13 Å². The van der Waals surface area contributed by atoms with Crippen molar-refractivity contribution in [3.63, 3.8) is 0 Å². The normalized spacial score (nSPS) is 15.2. The lowest BCUT2D eigenvalue weighted by Gasteiger charge is -2.31. The van der Waals surface area contributed by atoms with Crippen LogP contribution in [0.25, 0.3) is 11.0 Å². The molecule has 3 heterocycles. The molecule has 1 aromatic heterocycles. The Bertz CT molecular complexity index is 1350. The van der Waals surface area contributed by atoms with Crippen LogP contribution in [0.3, 0.4) is 0 Å². The van der Waals surface area contributed by atoms with Gasteiger partial charge in [0.05, 0.1) is 35.6 Å². The highest BCUT2D eigenvalue weighted by molar-refractivity contribution is 6.07. The van der Waals surface area contributed by atoms with Crippen LogP contribution < -0.4 is 30.8 Å². The van der Waals surface area contributed by atoms with Crippen LogP contribution in [-0.4, -0.2) is 48.1 Å². The Hall–Kier alpha value is -3.79. The third kappa shape index (κ3) is 3.28. The van der Waals surface area contributed by atoms with Crippen molar-refractivity contribution in [3.05, 3.63) is 56.6 Å². The minimum atomic E-state index is -0.632. The zero-order valence-corrected chi connectivity index (χ0v) is 17.7. The molecule has 2 aliphatic heterocycles. The molecule has 5 rings (SSSR count). The molecule has 2 aromatic carbocycles. The fraction of sp³-hybridized carbons (Fsp3) is 0.318. The molecule has 0 saturated carbocycles. The Morgan fingerprint density at radius 1 is 0.906 bits per heavy atom. The van der Waals surface area contributed by atoms with Gasteiger partial charge in [-0.2, -0.15) is 0 Å². The second-order valence-corrected chi connectivity index (χ2v) is 7.71. The molecule has 0 spiro atoms. The lowest BCUT2D eigenvalue weighted by atomic mass is 10.1. The zero-order valence-electron chi connectivity index (χ0n) is 17.7. The molecule has 32 heavy (non-hydrogen) atoms. The molecule has 1 N–H and O–H groups in total. The maximum atomic E-state index is 13.1. The minimum Gasteiger partial charge on any atom is -0.454 e. The summed E-state index contributed by atoms with van der Waals surface area (Å²) in [6.45, 7) is 2.51. The van der Waals surface area contributed by atoms with E-state index in [0.717, 1.165) is 5.69 Å². The van der Waals surface area contributed by atoms with Crippen molar-refractivity contribution >= 4 is 28.3 Å². The Kier molecular flexibility index (Phi) is 4.86. The SMILES string of the molecule is Cn1c(=O)c(=O)n(C)c2cc(N3CCOCC3)c(NC(=O)c3ccc4c(c3)OCO4)cc21. The summed E-state index contributed by atoms with van der Waals surface area (Å²) >= 11 is 0. The highest BCUT2D eigenvalue weighted by Crippen LogP contribution is 2.34. The van der Waals surface area contributed by atoms with E-state index in [0.29, 0.717) is 60.1 Å². The monoisotopic (exact) mass is 438 g/mol. The van der Waals surface area contributed by atoms with E-state index < -0.39 is 11.1 Å². The number of carbonyl (C=O) groups excluding carboxylic acids is 1. The molecule has 3 aromatic rings. The summed E-state index contributed by atoms with van der Waals surface area (Å²) < 4.78 is 18.8. The van der Waals surface area contributed by atoms with E-state index in [-0.39, 0.29) is 12.7 Å². The quantitative estimate of drug-likeness (QED) is 0.610. The molecule has 0 radical (unpaired) electrons. The molecule has 10 nitrogen and oxygen atoms in total. The Morgan fingerprint density at radius 2 is 1.56 bits per heavy atom. The molecular weight excluding hydrogens is 416 g/mol. The van der Waals surface area contributed by atoms with Crippen LogP contribution in [0.5, 0.6) is 11.5 Å². The minimum absolute atomic E-state index is 0.124. The molecule has 166 valence electrons. The predicted molar refractivity (Wildman–Crippen MR) is 118 cm³/mol. The number of aromatic nitrogens is 2. The van der Waals surface area contributed by atoms with Gasteiger partial charge in [-0.3, -0.25) is 14.4 Å². The number of hydrogen-bond acceptors (Lipinski definition) is 7. The first-order chi connectivity index (χ1) is 15.4. The van der Waals surface area contributed by atoms with Gasteiger partial charge in [0.1, 0.15) is 0 Å². The number of carbonyl (C=O) groups is 1. The van der Waals surface area contributed by atoms with E-state index in [9.17, 15) is 14.4 Å². The highest BCUT2D eigenvalue weighted by atomic mass is 16.7. The summed E-state index contributed by atoms with van der Waals surface area (Å²) in [6.07, 6.45) is 0. The average Bonchev–Trinajstić information content (AvgIpc) is 3.29. The van der Waals surface area contributed by atoms with Crippen LogP contribution in [0.4, 0.5) is 11.4 Å². The number of ether oxygens (including phenoxy) is 3. The Balaban J connectivity index is 1.62. The number of fused-ring (bicyclic) bond motifs is 2. The van der Waals surface area contributed by atoms with Gasteiger partial charge in [-0.25, -0.2) is 0 Å². The summed E-state index contributed by atoms with van der Waals surface area (Å²) in [5, 5.41) is 2.97. The summed E-state index contributed by atoms with van der Waals surface area (Å²) in [4.78, 5) is 39.9. The maximum absolute atomic E-state index is 13.1. The summed E-state index contributed by atoms with van der Waals surface area (Å²) in [6, 6.07) is 8.55. The van der Waals surface area contributed by atoms with Gasteiger partial charge >= 0.3 is 11.1 Å². The summed E-state index contributed by atoms with van der Waals surface area (Å²) in [7, 11) is 3.12. The van der Waals surface area contributed by atoms with E-state index in [2.05, 4.69) is 10.2 Å². The van der Waals surface area contributed by atoms with Gasteiger partial charge in [-0.1, -0.05) is 0 Å². The predicted octanol–water partition coefficient (Wildman–Crippen LogP) is 1.05. The first kappa shape index (κ1) is 20.1. The largest absolute Gasteiger partial charge is 0.454 e. The Morgan fingerprint density at radius 3 is 2.28 bits per heavy atom. The molecular formula is C22H22N4O6. The van der Waals surface area contributed by atoms with Gasteiger partial charge in [0.25, 0.3) is 5.91 Å². The Labute approximate surface area is 182 Å². The van der Waals surface area contributed by atoms with Crippen LogP contribution >= 0.6 is 0 Å². The third-order valence-electron chi connectivity index (χ3n) is 5.84. The molecule has 1 amide bonds. The molecule has 0 unspecified atom stereocenters. The molecule has 1 saturated heterocycles. The molecule has 0 atom stereocenters. The van der Waals surface area contributed by atoms with Gasteiger partial charge in [-0.15, -0.1) is 0 Å². The van der Waals surface area contributed by atoms with Crippen LogP contribution in [0.1, 0.15) is 10.4 Å². The first-order valence-corrected chi connectivity index (χ1v) is 10.2. The van der Waals surface area contributed by atoms with Gasteiger partial charge in [0, 0.05) is 32.7 Å². The summed E-state index contributed by atoms with van der Waals surface area (Å²) in [5.41, 5.74) is 1.60. The second-order valence-electron chi connectivity index (χ2n) is 7.71. The highest BCUT2D eigenvalue weighted by Gasteiger charge is 2.21. The average molecular weight is 438 g/mol. The number of morpholine rings is 1. The number of aryl methyl sites for hydroxylation is 2. The van der Waals surface area contributed by atoms with Gasteiger partial charge in [0.2, 0.25) is 6.79 Å². The lowest BCUT2D eigenvalue weighted by Crippen LogP contribution is -2.40. The molecule has 2 aliphatic rings. The van der Waals surface area contributed by atoms with Crippen molar-refractivity contribution in [2.24, 2.45) is 14.1 Å². The number of nitrogens with one attached hydrogen (secondary N) is 1. The fourth-order valence-corrected chi connectivity index (χ4v) is 4.01. The smallest absolute Gasteiger partial charge is 0.316 e. The van der Waals surface area contributed by atoms with Crippen LogP contribution in [0, 0.1) is 0 Å². The van der Waals surface area contributed by atoms with E-state index >= 15 is 0 Å². The number of amides is 1. The molecule has 0 aliphatic carbocycles. The van der Waals surface area contributed by atoms with Crippen LogP contribution in [0.2, 0.25) is 0 Å². The van der Waals surface area contributed by atoms with Crippen molar-refractivity contribution < 1.29 is 19.0 Å². The van der Waals surface area contributed by atoms with E-state index in [1.54, 1.807) is 38.4 Å². The van der Waals surface area contributed by atoms with Crippen molar-refractivity contribution in [2.45, 2.75) is 0 Å². The number of rotatable bonds is 3. The number of anilines is 2. The van der Waals surface area contributed by atoms with Crippen molar-refractivity contribution in [1.29, 1.82) is 0 Å². The van der Waals surface area contributed by atoms with Crippen molar-refractivity contribution in [1.82, 2.24) is 9.13 Å². The number of benzene rings is 2. The maximum Gasteiger partial charge on any atom is 0.316 e. The first-order valence-electron chi connectivity index (χ1n) is 10.2. The second kappa shape index (κ2) is 7.72. The van der Waals surface area contributed by atoms with Crippen molar-refractivity contribution in [3.8, 4) is 11.5 Å². The van der Waals surface area contributed by atoms with Crippen LogP contribution in [0.15, 0.2) is 39.9 Å². The van der Waals surface area contributed by atoms with E-state index in [4.69, 9.17) is 14.2 Å². The topological polar surface area (TPSA) is 104 Å². The number of nitrogens with zero attached hydrogens (tertiary/aromatic N) is 3. The van der Waals surface area contributed by atoms with E-state index in [1.807, 2.05) is 6.07 Å². The standard InChI is InChI=1S/C22H22N4O6/c1-24-16-10-14(23-20(27)13-3-4-18-19(9-13)32-12-31-18)15(26-5-7-30-8-6-26)11-17(16)25(2)22(29)21(24)28/h3-4,9-11H,5-8,12H2,1-2H3,(H,23,27). The third-order valence-corrected chi connectivity index (χ3v) is 5.84. The zero-order chi connectivity index (χ0) is 22.4. The fourth-order valence-electron chi connectivity index (χ4n) is 4.01. The van der Waals surface area contributed by atoms with Gasteiger partial charge in [-0.05, 0) is 30.3 Å². The summed E-state index contributed by atoms with van der Waals surface area (Å²) in [5.74, 6) is 0.783. The number of hydrogen-bond donors (Lipinski definition) is 1. The van der Waals surface area contributed by atoms with Gasteiger partial charge < -0.3 is 33.6 Å². The molecule has 10 heteroatoms. The molecule has 0 bridgehead atoms. The van der Waals surface area contributed by atoms with Gasteiger partial charge in [0.15, 0.2) is 11.5 Å².